The maximum absolute atomic E-state index is 5.77. The van der Waals surface area contributed by atoms with Gasteiger partial charge in [-0.25, -0.2) is 0 Å². The summed E-state index contributed by atoms with van der Waals surface area (Å²) < 4.78 is 11.5. The van der Waals surface area contributed by atoms with Gasteiger partial charge < -0.3 is 19.7 Å². The zero-order valence-corrected chi connectivity index (χ0v) is 15.5. The molecule has 0 bridgehead atoms. The first kappa shape index (κ1) is 16.9. The van der Waals surface area contributed by atoms with Crippen LogP contribution in [0.5, 0.6) is 11.5 Å². The summed E-state index contributed by atoms with van der Waals surface area (Å²) in [4.78, 5) is 6.81. The van der Waals surface area contributed by atoms with E-state index in [4.69, 9.17) is 9.47 Å². The molecule has 0 unspecified atom stereocenters. The van der Waals surface area contributed by atoms with Crippen LogP contribution in [0.15, 0.2) is 23.2 Å². The van der Waals surface area contributed by atoms with Crippen LogP contribution in [0.4, 0.5) is 0 Å². The quantitative estimate of drug-likeness (QED) is 0.668. The molecule has 2 heterocycles. The zero-order valence-electron chi connectivity index (χ0n) is 15.5. The molecular formula is C19H29N3O2. The molecule has 0 saturated carbocycles. The Morgan fingerprint density at radius 3 is 2.50 bits per heavy atom. The van der Waals surface area contributed by atoms with Crippen LogP contribution in [0.25, 0.3) is 0 Å². The van der Waals surface area contributed by atoms with Crippen LogP contribution in [0.1, 0.15) is 39.7 Å². The van der Waals surface area contributed by atoms with Gasteiger partial charge in [-0.3, -0.25) is 4.99 Å². The number of benzene rings is 1. The molecule has 0 amide bonds. The van der Waals surface area contributed by atoms with Gasteiger partial charge in [-0.1, -0.05) is 19.9 Å². The average molecular weight is 331 g/mol. The molecule has 0 aliphatic carbocycles. The topological polar surface area (TPSA) is 46.1 Å². The lowest BCUT2D eigenvalue weighted by Gasteiger charge is -2.62. The van der Waals surface area contributed by atoms with Gasteiger partial charge in [-0.05, 0) is 31.5 Å². The number of hydrogen-bond acceptors (Lipinski definition) is 3. The normalized spacial score (nSPS) is 21.7. The second-order valence-corrected chi connectivity index (χ2v) is 7.76. The number of ether oxygens (including phenoxy) is 2. The molecule has 3 rings (SSSR count). The molecule has 1 saturated heterocycles. The van der Waals surface area contributed by atoms with Crippen molar-refractivity contribution in [2.45, 2.75) is 46.2 Å². The summed E-state index contributed by atoms with van der Waals surface area (Å²) in [5.74, 6) is 2.63. The first-order valence-corrected chi connectivity index (χ1v) is 8.72. The summed E-state index contributed by atoms with van der Waals surface area (Å²) in [6, 6.07) is 6.14. The Balaban J connectivity index is 1.66. The molecule has 2 aliphatic rings. The molecule has 1 aromatic rings. The van der Waals surface area contributed by atoms with Crippen LogP contribution >= 0.6 is 0 Å². The molecule has 0 aromatic heterocycles. The Morgan fingerprint density at radius 1 is 1.17 bits per heavy atom. The summed E-state index contributed by atoms with van der Waals surface area (Å²) in [7, 11) is 1.84. The highest BCUT2D eigenvalue weighted by Gasteiger charge is 2.53. The predicted octanol–water partition coefficient (Wildman–Crippen LogP) is 3.04. The fraction of sp³-hybridized carbons (Fsp3) is 0.632. The summed E-state index contributed by atoms with van der Waals surface area (Å²) in [5, 5.41) is 3.48. The van der Waals surface area contributed by atoms with E-state index in [2.05, 4.69) is 55.0 Å². The fourth-order valence-electron chi connectivity index (χ4n) is 3.19. The highest BCUT2D eigenvalue weighted by atomic mass is 16.5. The molecule has 0 spiro atoms. The summed E-state index contributed by atoms with van der Waals surface area (Å²) in [6.45, 7) is 12.3. The van der Waals surface area contributed by atoms with Crippen LogP contribution in [0.2, 0.25) is 0 Å². The van der Waals surface area contributed by atoms with Crippen LogP contribution in [0, 0.1) is 5.41 Å². The molecule has 0 radical (unpaired) electrons. The SMILES string of the molecule is CN=C(NCc1ccc2c(c1)OCCCO2)N1CC(C)(C)C1(C)C. The molecule has 1 fully saturated rings. The Bertz CT molecular complexity index is 637. The minimum Gasteiger partial charge on any atom is -0.490 e. The molecule has 132 valence electrons. The van der Waals surface area contributed by atoms with Crippen LogP contribution in [-0.2, 0) is 6.54 Å². The van der Waals surface area contributed by atoms with E-state index in [0.29, 0.717) is 12.0 Å². The Labute approximate surface area is 145 Å². The van der Waals surface area contributed by atoms with Crippen LogP contribution in [0.3, 0.4) is 0 Å². The van der Waals surface area contributed by atoms with E-state index in [1.54, 1.807) is 0 Å². The standard InChI is InChI=1S/C19H29N3O2/c1-18(2)13-22(19(18,3)4)17(20-5)21-12-14-7-8-15-16(11-14)24-10-6-9-23-15/h7-8,11H,6,9-10,12-13H2,1-5H3,(H,20,21). The monoisotopic (exact) mass is 331 g/mol. The Kier molecular flexibility index (Phi) is 4.37. The second kappa shape index (κ2) is 6.19. The van der Waals surface area contributed by atoms with Gasteiger partial charge in [-0.2, -0.15) is 0 Å². The summed E-state index contributed by atoms with van der Waals surface area (Å²) >= 11 is 0. The van der Waals surface area contributed by atoms with Crippen molar-refractivity contribution in [1.29, 1.82) is 0 Å². The number of nitrogens with zero attached hydrogens (tertiary/aromatic N) is 2. The van der Waals surface area contributed by atoms with Crippen LogP contribution < -0.4 is 14.8 Å². The van der Waals surface area contributed by atoms with Crippen molar-refractivity contribution >= 4 is 5.96 Å². The van der Waals surface area contributed by atoms with E-state index in [-0.39, 0.29) is 5.54 Å². The maximum atomic E-state index is 5.77. The van der Waals surface area contributed by atoms with E-state index >= 15 is 0 Å². The van der Waals surface area contributed by atoms with Crippen molar-refractivity contribution in [1.82, 2.24) is 10.2 Å². The minimum absolute atomic E-state index is 0.0968. The van der Waals surface area contributed by atoms with Gasteiger partial charge in [0, 0.05) is 37.5 Å². The van der Waals surface area contributed by atoms with Gasteiger partial charge in [0.25, 0.3) is 0 Å². The molecule has 0 atom stereocenters. The fourth-order valence-corrected chi connectivity index (χ4v) is 3.19. The maximum Gasteiger partial charge on any atom is 0.194 e. The molecule has 5 nitrogen and oxygen atoms in total. The van der Waals surface area contributed by atoms with E-state index < -0.39 is 0 Å². The van der Waals surface area contributed by atoms with Gasteiger partial charge in [0.2, 0.25) is 0 Å². The molecule has 1 aromatic carbocycles. The Morgan fingerprint density at radius 2 is 1.88 bits per heavy atom. The average Bonchev–Trinajstić information content (AvgIpc) is 2.79. The van der Waals surface area contributed by atoms with Gasteiger partial charge >= 0.3 is 0 Å². The number of aliphatic imine (C=N–C) groups is 1. The summed E-state index contributed by atoms with van der Waals surface area (Å²) in [5.41, 5.74) is 1.55. The molecule has 2 aliphatic heterocycles. The van der Waals surface area contributed by atoms with E-state index in [0.717, 1.165) is 49.1 Å². The molecule has 5 heteroatoms. The van der Waals surface area contributed by atoms with Gasteiger partial charge in [0.15, 0.2) is 17.5 Å². The first-order chi connectivity index (χ1) is 11.3. The van der Waals surface area contributed by atoms with Crippen molar-refractivity contribution in [3.63, 3.8) is 0 Å². The van der Waals surface area contributed by atoms with Crippen molar-refractivity contribution in [2.75, 3.05) is 26.8 Å². The van der Waals surface area contributed by atoms with Gasteiger partial charge in [-0.15, -0.1) is 0 Å². The lowest BCUT2D eigenvalue weighted by Crippen LogP contribution is -2.72. The number of likely N-dealkylation sites (tertiary alicyclic amines) is 1. The molecule has 1 N–H and O–H groups in total. The van der Waals surface area contributed by atoms with E-state index in [1.807, 2.05) is 13.1 Å². The third-order valence-corrected chi connectivity index (χ3v) is 5.61. The molecular weight excluding hydrogens is 302 g/mol. The Hall–Kier alpha value is -1.91. The predicted molar refractivity (Wildman–Crippen MR) is 96.8 cm³/mol. The first-order valence-electron chi connectivity index (χ1n) is 8.72. The van der Waals surface area contributed by atoms with Crippen molar-refractivity contribution < 1.29 is 9.47 Å². The number of rotatable bonds is 2. The minimum atomic E-state index is 0.0968. The number of nitrogens with one attached hydrogen (secondary N) is 1. The number of guanidine groups is 1. The van der Waals surface area contributed by atoms with Crippen molar-refractivity contribution in [3.8, 4) is 11.5 Å². The smallest absolute Gasteiger partial charge is 0.194 e. The second-order valence-electron chi connectivity index (χ2n) is 7.76. The number of hydrogen-bond donors (Lipinski definition) is 1. The third-order valence-electron chi connectivity index (χ3n) is 5.61. The lowest BCUT2D eigenvalue weighted by molar-refractivity contribution is -0.0667. The van der Waals surface area contributed by atoms with Gasteiger partial charge in [0.05, 0.1) is 13.2 Å². The van der Waals surface area contributed by atoms with Gasteiger partial charge in [0.1, 0.15) is 0 Å². The zero-order chi connectivity index (χ0) is 17.4. The van der Waals surface area contributed by atoms with Crippen LogP contribution in [-0.4, -0.2) is 43.2 Å². The number of fused-ring (bicyclic) bond motifs is 1. The third kappa shape index (κ3) is 2.92. The molecule has 24 heavy (non-hydrogen) atoms. The van der Waals surface area contributed by atoms with E-state index in [1.165, 1.54) is 0 Å². The summed E-state index contributed by atoms with van der Waals surface area (Å²) in [6.07, 6.45) is 0.925. The van der Waals surface area contributed by atoms with E-state index in [9.17, 15) is 0 Å². The highest BCUT2D eigenvalue weighted by molar-refractivity contribution is 5.82. The largest absolute Gasteiger partial charge is 0.490 e. The van der Waals surface area contributed by atoms with Crippen molar-refractivity contribution in [3.05, 3.63) is 23.8 Å². The van der Waals surface area contributed by atoms with Crippen molar-refractivity contribution in [2.24, 2.45) is 10.4 Å². The lowest BCUT2D eigenvalue weighted by atomic mass is 9.65. The highest BCUT2D eigenvalue weighted by Crippen LogP contribution is 2.46.